The van der Waals surface area contributed by atoms with Gasteiger partial charge in [-0.1, -0.05) is 0 Å². The molecule has 1 aromatic rings. The van der Waals surface area contributed by atoms with E-state index in [9.17, 15) is 19.8 Å². The Hall–Kier alpha value is -2.09. The number of rotatable bonds is 6. The molecule has 0 aliphatic heterocycles. The monoisotopic (exact) mass is 296 g/mol. The second kappa shape index (κ2) is 6.57. The smallest absolute Gasteiger partial charge is 0.326 e. The van der Waals surface area contributed by atoms with Crippen LogP contribution in [0, 0.1) is 5.92 Å². The number of nitrogens with one attached hydrogen (secondary N) is 2. The van der Waals surface area contributed by atoms with Crippen molar-refractivity contribution in [3.05, 3.63) is 18.2 Å². The zero-order valence-electron chi connectivity index (χ0n) is 11.8. The molecule has 1 aliphatic rings. The molecule has 8 nitrogen and oxygen atoms in total. The molecule has 4 N–H and O–H groups in total. The van der Waals surface area contributed by atoms with E-state index >= 15 is 0 Å². The SMILES string of the molecule is CN(CC1CC(O)C1)C(=O)NC(Cc1cnc[nH]1)C(=O)O. The first-order valence-corrected chi connectivity index (χ1v) is 6.85. The first-order chi connectivity index (χ1) is 9.95. The number of amides is 2. The van der Waals surface area contributed by atoms with Crippen molar-refractivity contribution in [3.8, 4) is 0 Å². The molecule has 0 saturated heterocycles. The number of aliphatic hydroxyl groups excluding tert-OH is 1. The van der Waals surface area contributed by atoms with E-state index in [1.165, 1.54) is 17.4 Å². The average molecular weight is 296 g/mol. The lowest BCUT2D eigenvalue weighted by molar-refractivity contribution is -0.139. The summed E-state index contributed by atoms with van der Waals surface area (Å²) in [7, 11) is 1.62. The normalized spacial score (nSPS) is 22.2. The summed E-state index contributed by atoms with van der Waals surface area (Å²) >= 11 is 0. The fraction of sp³-hybridized carbons (Fsp3) is 0.615. The molecule has 2 amide bonds. The van der Waals surface area contributed by atoms with E-state index in [4.69, 9.17) is 0 Å². The molecular weight excluding hydrogens is 276 g/mol. The molecule has 0 aromatic carbocycles. The van der Waals surface area contributed by atoms with Gasteiger partial charge < -0.3 is 25.4 Å². The number of carboxylic acid groups (broad SMARTS) is 1. The highest BCUT2D eigenvalue weighted by molar-refractivity contribution is 5.82. The summed E-state index contributed by atoms with van der Waals surface area (Å²) in [5.41, 5.74) is 0.646. The maximum atomic E-state index is 12.0. The molecule has 1 fully saturated rings. The minimum Gasteiger partial charge on any atom is -0.480 e. The third-order valence-electron chi connectivity index (χ3n) is 3.66. The molecule has 8 heteroatoms. The van der Waals surface area contributed by atoms with Crippen molar-refractivity contribution in [1.82, 2.24) is 20.2 Å². The fourth-order valence-corrected chi connectivity index (χ4v) is 2.40. The number of aliphatic carboxylic acids is 1. The number of urea groups is 1. The van der Waals surface area contributed by atoms with Crippen LogP contribution in [0.2, 0.25) is 0 Å². The molecule has 116 valence electrons. The Balaban J connectivity index is 1.84. The van der Waals surface area contributed by atoms with Crippen molar-refractivity contribution >= 4 is 12.0 Å². The van der Waals surface area contributed by atoms with Crippen LogP contribution in [0.25, 0.3) is 0 Å². The third kappa shape index (κ3) is 4.19. The Kier molecular flexibility index (Phi) is 4.79. The second-order valence-electron chi connectivity index (χ2n) is 5.49. The first-order valence-electron chi connectivity index (χ1n) is 6.85. The molecule has 0 spiro atoms. The zero-order valence-corrected chi connectivity index (χ0v) is 11.8. The number of carbonyl (C=O) groups is 2. The van der Waals surface area contributed by atoms with Gasteiger partial charge in [-0.25, -0.2) is 14.6 Å². The van der Waals surface area contributed by atoms with E-state index in [2.05, 4.69) is 15.3 Å². The molecule has 0 bridgehead atoms. The Bertz CT molecular complexity index is 484. The molecule has 1 heterocycles. The van der Waals surface area contributed by atoms with Crippen LogP contribution in [-0.4, -0.2) is 62.8 Å². The first kappa shape index (κ1) is 15.3. The Labute approximate surface area is 122 Å². The zero-order chi connectivity index (χ0) is 15.4. The number of imidazole rings is 1. The largest absolute Gasteiger partial charge is 0.480 e. The Morgan fingerprint density at radius 3 is 2.81 bits per heavy atom. The van der Waals surface area contributed by atoms with Crippen molar-refractivity contribution in [3.63, 3.8) is 0 Å². The molecule has 1 unspecified atom stereocenters. The number of hydrogen-bond acceptors (Lipinski definition) is 4. The molecule has 2 rings (SSSR count). The Morgan fingerprint density at radius 1 is 1.57 bits per heavy atom. The van der Waals surface area contributed by atoms with Crippen molar-refractivity contribution in [2.45, 2.75) is 31.4 Å². The van der Waals surface area contributed by atoms with Crippen LogP contribution in [0.1, 0.15) is 18.5 Å². The van der Waals surface area contributed by atoms with Crippen LogP contribution in [0.5, 0.6) is 0 Å². The molecule has 1 aromatic heterocycles. The summed E-state index contributed by atoms with van der Waals surface area (Å²) in [4.78, 5) is 31.3. The summed E-state index contributed by atoms with van der Waals surface area (Å²) in [5, 5.41) is 20.9. The molecule has 1 atom stereocenters. The highest BCUT2D eigenvalue weighted by Crippen LogP contribution is 2.27. The molecule has 21 heavy (non-hydrogen) atoms. The van der Waals surface area contributed by atoms with Crippen molar-refractivity contribution in [1.29, 1.82) is 0 Å². The van der Waals surface area contributed by atoms with Gasteiger partial charge in [0.05, 0.1) is 12.4 Å². The second-order valence-corrected chi connectivity index (χ2v) is 5.49. The maximum Gasteiger partial charge on any atom is 0.326 e. The van der Waals surface area contributed by atoms with Gasteiger partial charge in [0.1, 0.15) is 6.04 Å². The van der Waals surface area contributed by atoms with E-state index in [0.717, 1.165) is 0 Å². The molecule has 0 radical (unpaired) electrons. The van der Waals surface area contributed by atoms with Crippen LogP contribution in [0.4, 0.5) is 4.79 Å². The lowest BCUT2D eigenvalue weighted by atomic mass is 9.82. The van der Waals surface area contributed by atoms with Crippen LogP contribution in [0.3, 0.4) is 0 Å². The number of carbonyl (C=O) groups excluding carboxylic acids is 1. The summed E-state index contributed by atoms with van der Waals surface area (Å²) in [6, 6.07) is -1.43. The predicted octanol–water partition coefficient (Wildman–Crippen LogP) is -0.182. The van der Waals surface area contributed by atoms with Gasteiger partial charge in [-0.2, -0.15) is 0 Å². The van der Waals surface area contributed by atoms with Gasteiger partial charge >= 0.3 is 12.0 Å². The van der Waals surface area contributed by atoms with E-state index in [-0.39, 0.29) is 18.4 Å². The van der Waals surface area contributed by atoms with Gasteiger partial charge in [0, 0.05) is 31.9 Å². The predicted molar refractivity (Wildman–Crippen MR) is 73.6 cm³/mol. The highest BCUT2D eigenvalue weighted by Gasteiger charge is 2.30. The number of aliphatic hydroxyl groups is 1. The van der Waals surface area contributed by atoms with E-state index in [1.807, 2.05) is 0 Å². The van der Waals surface area contributed by atoms with Gasteiger partial charge in [0.25, 0.3) is 0 Å². The maximum absolute atomic E-state index is 12.0. The highest BCUT2D eigenvalue weighted by atomic mass is 16.4. The van der Waals surface area contributed by atoms with E-state index in [0.29, 0.717) is 25.1 Å². The van der Waals surface area contributed by atoms with Crippen molar-refractivity contribution < 1.29 is 19.8 Å². The number of hydrogen-bond donors (Lipinski definition) is 4. The molecule has 1 aliphatic carbocycles. The van der Waals surface area contributed by atoms with Gasteiger partial charge in [-0.05, 0) is 18.8 Å². The summed E-state index contributed by atoms with van der Waals surface area (Å²) in [5.74, 6) is -0.808. The van der Waals surface area contributed by atoms with Gasteiger partial charge in [0.2, 0.25) is 0 Å². The molecular formula is C13H20N4O4. The van der Waals surface area contributed by atoms with Crippen LogP contribution in [0.15, 0.2) is 12.5 Å². The molecule has 1 saturated carbocycles. The number of nitrogens with zero attached hydrogens (tertiary/aromatic N) is 2. The number of H-pyrrole nitrogens is 1. The third-order valence-corrected chi connectivity index (χ3v) is 3.66. The summed E-state index contributed by atoms with van der Waals surface area (Å²) in [6.07, 6.45) is 4.25. The lowest BCUT2D eigenvalue weighted by Crippen LogP contribution is -2.49. The number of aromatic nitrogens is 2. The summed E-state index contributed by atoms with van der Waals surface area (Å²) in [6.45, 7) is 0.513. The van der Waals surface area contributed by atoms with Gasteiger partial charge in [0.15, 0.2) is 0 Å². The number of aromatic amines is 1. The van der Waals surface area contributed by atoms with Gasteiger partial charge in [-0.15, -0.1) is 0 Å². The van der Waals surface area contributed by atoms with E-state index in [1.54, 1.807) is 7.05 Å². The fourth-order valence-electron chi connectivity index (χ4n) is 2.40. The van der Waals surface area contributed by atoms with Crippen LogP contribution >= 0.6 is 0 Å². The van der Waals surface area contributed by atoms with Crippen molar-refractivity contribution in [2.75, 3.05) is 13.6 Å². The number of carboxylic acids is 1. The minimum absolute atomic E-state index is 0.150. The average Bonchev–Trinajstić information content (AvgIpc) is 2.88. The Morgan fingerprint density at radius 2 is 2.29 bits per heavy atom. The minimum atomic E-state index is -1.09. The standard InChI is InChI=1S/C13H20N4O4/c1-17(6-8-2-10(18)3-8)13(21)16-11(12(19)20)4-9-5-14-7-15-9/h5,7-8,10-11,18H,2-4,6H2,1H3,(H,14,15)(H,16,21)(H,19,20). The van der Waals surface area contributed by atoms with Crippen LogP contribution < -0.4 is 5.32 Å². The van der Waals surface area contributed by atoms with Gasteiger partial charge in [-0.3, -0.25) is 0 Å². The lowest BCUT2D eigenvalue weighted by Gasteiger charge is -2.34. The topological polar surface area (TPSA) is 119 Å². The van der Waals surface area contributed by atoms with Crippen molar-refractivity contribution in [2.24, 2.45) is 5.92 Å². The quantitative estimate of drug-likeness (QED) is 0.580. The summed E-state index contributed by atoms with van der Waals surface area (Å²) < 4.78 is 0. The van der Waals surface area contributed by atoms with Crippen LogP contribution in [-0.2, 0) is 11.2 Å². The van der Waals surface area contributed by atoms with E-state index < -0.39 is 18.0 Å².